The normalized spacial score (nSPS) is 12.1. The van der Waals surface area contributed by atoms with E-state index in [1.54, 1.807) is 66.7 Å². The number of hydrogen-bond donors (Lipinski definition) is 2. The minimum Gasteiger partial charge on any atom is -0.497 e. The molecule has 0 spiro atoms. The molecular weight excluding hydrogens is 428 g/mol. The van der Waals surface area contributed by atoms with Gasteiger partial charge in [0.25, 0.3) is 0 Å². The fraction of sp³-hybridized carbons (Fsp3) is 0.208. The number of aryl methyl sites for hydroxylation is 1. The summed E-state index contributed by atoms with van der Waals surface area (Å²) in [5.74, 6) is 0.647. The van der Waals surface area contributed by atoms with E-state index in [0.29, 0.717) is 22.7 Å². The second-order valence-electron chi connectivity index (χ2n) is 7.22. The van der Waals surface area contributed by atoms with E-state index in [-0.39, 0.29) is 17.2 Å². The number of anilines is 1. The van der Waals surface area contributed by atoms with Crippen molar-refractivity contribution in [3.8, 4) is 11.5 Å². The van der Waals surface area contributed by atoms with Gasteiger partial charge in [-0.3, -0.25) is 4.79 Å². The number of ether oxygens (including phenoxy) is 2. The Balaban J connectivity index is 1.84. The number of carbonyl (C=O) groups is 1. The Kier molecular flexibility index (Phi) is 7.50. The van der Waals surface area contributed by atoms with E-state index >= 15 is 0 Å². The molecule has 3 aromatic carbocycles. The van der Waals surface area contributed by atoms with Gasteiger partial charge >= 0.3 is 0 Å². The molecule has 8 heteroatoms. The van der Waals surface area contributed by atoms with Crippen LogP contribution in [0.15, 0.2) is 77.7 Å². The van der Waals surface area contributed by atoms with Crippen molar-refractivity contribution in [3.05, 3.63) is 83.9 Å². The lowest BCUT2D eigenvalue weighted by Gasteiger charge is -2.20. The summed E-state index contributed by atoms with van der Waals surface area (Å²) in [4.78, 5) is 13.0. The van der Waals surface area contributed by atoms with Crippen LogP contribution in [0, 0.1) is 6.92 Å². The molecule has 7 nitrogen and oxygen atoms in total. The molecule has 3 aromatic rings. The van der Waals surface area contributed by atoms with Crippen LogP contribution in [0.4, 0.5) is 5.69 Å². The molecule has 0 heterocycles. The maximum absolute atomic E-state index is 13.0. The highest BCUT2D eigenvalue weighted by Gasteiger charge is 2.24. The molecule has 0 aliphatic carbocycles. The first-order valence-electron chi connectivity index (χ1n) is 9.98. The topological polar surface area (TPSA) is 93.7 Å². The largest absolute Gasteiger partial charge is 0.497 e. The molecule has 0 aliphatic heterocycles. The predicted molar refractivity (Wildman–Crippen MR) is 123 cm³/mol. The summed E-state index contributed by atoms with van der Waals surface area (Å²) in [6.45, 7) is 1.88. The molecular formula is C24H26N2O5S. The van der Waals surface area contributed by atoms with Crippen LogP contribution in [-0.4, -0.2) is 28.5 Å². The molecule has 1 atom stereocenters. The summed E-state index contributed by atoms with van der Waals surface area (Å²) >= 11 is 0. The smallest absolute Gasteiger partial charge is 0.241 e. The van der Waals surface area contributed by atoms with Crippen molar-refractivity contribution in [2.24, 2.45) is 0 Å². The van der Waals surface area contributed by atoms with Gasteiger partial charge in [-0.2, -0.15) is 0 Å². The number of sulfonamides is 1. The quantitative estimate of drug-likeness (QED) is 0.509. The first kappa shape index (κ1) is 23.3. The first-order valence-corrected chi connectivity index (χ1v) is 11.5. The molecule has 0 bridgehead atoms. The molecule has 0 fully saturated rings. The van der Waals surface area contributed by atoms with E-state index in [2.05, 4.69) is 10.0 Å². The lowest BCUT2D eigenvalue weighted by atomic mass is 10.0. The summed E-state index contributed by atoms with van der Waals surface area (Å²) in [6.07, 6.45) is -0.116. The van der Waals surface area contributed by atoms with E-state index in [0.717, 1.165) is 5.56 Å². The second-order valence-corrected chi connectivity index (χ2v) is 8.93. The zero-order chi connectivity index (χ0) is 23.1. The zero-order valence-electron chi connectivity index (χ0n) is 18.2. The molecule has 0 unspecified atom stereocenters. The summed E-state index contributed by atoms with van der Waals surface area (Å²) in [5.41, 5.74) is 2.07. The van der Waals surface area contributed by atoms with Crippen LogP contribution in [0.5, 0.6) is 11.5 Å². The average molecular weight is 455 g/mol. The van der Waals surface area contributed by atoms with Crippen molar-refractivity contribution in [1.29, 1.82) is 0 Å². The van der Waals surface area contributed by atoms with Crippen molar-refractivity contribution in [2.75, 3.05) is 19.5 Å². The summed E-state index contributed by atoms with van der Waals surface area (Å²) in [6, 6.07) is 19.8. The number of amides is 1. The Morgan fingerprint density at radius 1 is 0.938 bits per heavy atom. The van der Waals surface area contributed by atoms with Gasteiger partial charge in [0.05, 0.1) is 30.8 Å². The Bertz CT molecular complexity index is 1160. The zero-order valence-corrected chi connectivity index (χ0v) is 19.0. The minimum atomic E-state index is -3.84. The van der Waals surface area contributed by atoms with Crippen molar-refractivity contribution in [2.45, 2.75) is 24.3 Å². The van der Waals surface area contributed by atoms with Gasteiger partial charge in [0.1, 0.15) is 11.5 Å². The van der Waals surface area contributed by atoms with Gasteiger partial charge in [0.2, 0.25) is 15.9 Å². The predicted octanol–water partition coefficient (Wildman–Crippen LogP) is 4.06. The van der Waals surface area contributed by atoms with Gasteiger partial charge < -0.3 is 14.8 Å². The fourth-order valence-electron chi connectivity index (χ4n) is 3.18. The van der Waals surface area contributed by atoms with E-state index < -0.39 is 16.1 Å². The summed E-state index contributed by atoms with van der Waals surface area (Å²) in [5, 5.41) is 2.79. The van der Waals surface area contributed by atoms with Crippen molar-refractivity contribution in [1.82, 2.24) is 4.72 Å². The molecule has 1 amide bonds. The SMILES string of the molecule is COc1ccc(OC)c(NC(=O)C[C@@H](NS(=O)(=O)c2ccc(C)cc2)c2ccccc2)c1. The van der Waals surface area contributed by atoms with Crippen molar-refractivity contribution in [3.63, 3.8) is 0 Å². The number of nitrogens with one attached hydrogen (secondary N) is 2. The fourth-order valence-corrected chi connectivity index (χ4v) is 4.41. The molecule has 0 saturated heterocycles. The van der Waals surface area contributed by atoms with Gasteiger partial charge in [0.15, 0.2) is 0 Å². The van der Waals surface area contributed by atoms with Crippen LogP contribution in [-0.2, 0) is 14.8 Å². The van der Waals surface area contributed by atoms with E-state index in [1.807, 2.05) is 13.0 Å². The van der Waals surface area contributed by atoms with Crippen molar-refractivity contribution >= 4 is 21.6 Å². The molecule has 3 rings (SSSR count). The van der Waals surface area contributed by atoms with E-state index in [9.17, 15) is 13.2 Å². The van der Waals surface area contributed by atoms with Gasteiger partial charge in [-0.05, 0) is 36.8 Å². The van der Waals surface area contributed by atoms with Gasteiger partial charge in [-0.25, -0.2) is 13.1 Å². The molecule has 0 saturated carbocycles. The van der Waals surface area contributed by atoms with Crippen LogP contribution in [0.2, 0.25) is 0 Å². The third-order valence-corrected chi connectivity index (χ3v) is 6.39. The molecule has 0 aliphatic rings. The number of carbonyl (C=O) groups excluding carboxylic acids is 1. The second kappa shape index (κ2) is 10.3. The highest BCUT2D eigenvalue weighted by molar-refractivity contribution is 7.89. The van der Waals surface area contributed by atoms with Gasteiger partial charge in [-0.1, -0.05) is 48.0 Å². The third kappa shape index (κ3) is 5.87. The van der Waals surface area contributed by atoms with Crippen LogP contribution < -0.4 is 19.5 Å². The molecule has 32 heavy (non-hydrogen) atoms. The molecule has 2 N–H and O–H groups in total. The molecule has 0 radical (unpaired) electrons. The number of benzene rings is 3. The standard InChI is InChI=1S/C24H26N2O5S/c1-17-9-12-20(13-10-17)32(28,29)26-21(18-7-5-4-6-8-18)16-24(27)25-22-15-19(30-2)11-14-23(22)31-3/h4-15,21,26H,16H2,1-3H3,(H,25,27)/t21-/m1/s1. The third-order valence-electron chi connectivity index (χ3n) is 4.90. The summed E-state index contributed by atoms with van der Waals surface area (Å²) < 4.78 is 39.1. The lowest BCUT2D eigenvalue weighted by molar-refractivity contribution is -0.116. The highest BCUT2D eigenvalue weighted by Crippen LogP contribution is 2.30. The maximum atomic E-state index is 13.0. The number of methoxy groups -OCH3 is 2. The van der Waals surface area contributed by atoms with Gasteiger partial charge in [-0.15, -0.1) is 0 Å². The van der Waals surface area contributed by atoms with Crippen LogP contribution >= 0.6 is 0 Å². The Hall–Kier alpha value is -3.36. The number of rotatable bonds is 9. The molecule has 0 aromatic heterocycles. The Labute approximate surface area is 188 Å². The summed E-state index contributed by atoms with van der Waals surface area (Å²) in [7, 11) is -0.815. The average Bonchev–Trinajstić information content (AvgIpc) is 2.79. The van der Waals surface area contributed by atoms with Crippen LogP contribution in [0.25, 0.3) is 0 Å². The van der Waals surface area contributed by atoms with Crippen LogP contribution in [0.3, 0.4) is 0 Å². The maximum Gasteiger partial charge on any atom is 0.241 e. The van der Waals surface area contributed by atoms with E-state index in [4.69, 9.17) is 9.47 Å². The lowest BCUT2D eigenvalue weighted by Crippen LogP contribution is -2.31. The Morgan fingerprint density at radius 2 is 1.62 bits per heavy atom. The highest BCUT2D eigenvalue weighted by atomic mass is 32.2. The monoisotopic (exact) mass is 454 g/mol. The van der Waals surface area contributed by atoms with Crippen LogP contribution in [0.1, 0.15) is 23.6 Å². The minimum absolute atomic E-state index is 0.116. The number of hydrogen-bond acceptors (Lipinski definition) is 5. The molecule has 168 valence electrons. The van der Waals surface area contributed by atoms with Crippen molar-refractivity contribution < 1.29 is 22.7 Å². The Morgan fingerprint density at radius 3 is 2.25 bits per heavy atom. The first-order chi connectivity index (χ1) is 15.3. The van der Waals surface area contributed by atoms with Gasteiger partial charge in [0, 0.05) is 12.5 Å². The van der Waals surface area contributed by atoms with E-state index in [1.165, 1.54) is 14.2 Å².